The summed E-state index contributed by atoms with van der Waals surface area (Å²) in [6.45, 7) is 7.13. The average Bonchev–Trinajstić information content (AvgIpc) is 2.38. The molecule has 1 aromatic rings. The molecular formula is C13H13NO4. The number of methoxy groups -OCH3 is 1. The third-order valence-electron chi connectivity index (χ3n) is 2.07. The predicted octanol–water partition coefficient (Wildman–Crippen LogP) is 3.24. The molecule has 1 rings (SSSR count). The SMILES string of the molecule is C=C/C=C(\C=C)Oc1ccc([N+](=O)[O-])cc1OC. The molecule has 0 spiro atoms. The second-order valence-electron chi connectivity index (χ2n) is 3.20. The molecular weight excluding hydrogens is 234 g/mol. The molecule has 0 fully saturated rings. The summed E-state index contributed by atoms with van der Waals surface area (Å²) in [5.74, 6) is 1.12. The lowest BCUT2D eigenvalue weighted by Crippen LogP contribution is -1.96. The second kappa shape index (κ2) is 6.24. The number of allylic oxidation sites excluding steroid dienone is 3. The first kappa shape index (κ1) is 13.5. The van der Waals surface area contributed by atoms with E-state index in [1.54, 1.807) is 12.2 Å². The Morgan fingerprint density at radius 3 is 2.61 bits per heavy atom. The molecule has 5 nitrogen and oxygen atoms in total. The third-order valence-corrected chi connectivity index (χ3v) is 2.07. The van der Waals surface area contributed by atoms with E-state index in [0.29, 0.717) is 11.5 Å². The first-order chi connectivity index (χ1) is 8.62. The fourth-order valence-corrected chi connectivity index (χ4v) is 1.24. The van der Waals surface area contributed by atoms with Gasteiger partial charge in [0.1, 0.15) is 5.76 Å². The van der Waals surface area contributed by atoms with E-state index in [0.717, 1.165) is 0 Å². The van der Waals surface area contributed by atoms with Crippen LogP contribution in [0.3, 0.4) is 0 Å². The van der Waals surface area contributed by atoms with Gasteiger partial charge in [-0.3, -0.25) is 10.1 Å². The number of hydrogen-bond donors (Lipinski definition) is 0. The van der Waals surface area contributed by atoms with E-state index < -0.39 is 4.92 Å². The summed E-state index contributed by atoms with van der Waals surface area (Å²) < 4.78 is 10.5. The van der Waals surface area contributed by atoms with E-state index in [9.17, 15) is 10.1 Å². The molecule has 0 aliphatic rings. The zero-order valence-corrected chi connectivity index (χ0v) is 9.96. The standard InChI is InChI=1S/C13H13NO4/c1-4-6-11(5-2)18-12-8-7-10(14(15)16)9-13(12)17-3/h4-9H,1-2H2,3H3/b11-6+. The van der Waals surface area contributed by atoms with E-state index in [2.05, 4.69) is 13.2 Å². The summed E-state index contributed by atoms with van der Waals surface area (Å²) >= 11 is 0. The van der Waals surface area contributed by atoms with Gasteiger partial charge in [0.15, 0.2) is 11.5 Å². The van der Waals surface area contributed by atoms with Gasteiger partial charge in [-0.25, -0.2) is 0 Å². The number of rotatable bonds is 6. The molecule has 18 heavy (non-hydrogen) atoms. The van der Waals surface area contributed by atoms with Gasteiger partial charge >= 0.3 is 0 Å². The molecule has 0 saturated heterocycles. The maximum absolute atomic E-state index is 10.6. The molecule has 0 radical (unpaired) electrons. The van der Waals surface area contributed by atoms with Crippen molar-refractivity contribution < 1.29 is 14.4 Å². The molecule has 0 amide bonds. The lowest BCUT2D eigenvalue weighted by molar-refractivity contribution is -0.384. The van der Waals surface area contributed by atoms with Gasteiger partial charge in [-0.1, -0.05) is 19.2 Å². The molecule has 94 valence electrons. The number of hydrogen-bond acceptors (Lipinski definition) is 4. The number of nitro benzene ring substituents is 1. The molecule has 0 atom stereocenters. The van der Waals surface area contributed by atoms with Crippen molar-refractivity contribution in [3.8, 4) is 11.5 Å². The predicted molar refractivity (Wildman–Crippen MR) is 68.8 cm³/mol. The number of nitro groups is 1. The lowest BCUT2D eigenvalue weighted by atomic mass is 10.3. The van der Waals surface area contributed by atoms with E-state index >= 15 is 0 Å². The van der Waals surface area contributed by atoms with Crippen LogP contribution in [0.5, 0.6) is 11.5 Å². The summed E-state index contributed by atoms with van der Waals surface area (Å²) in [6, 6.07) is 4.10. The molecule has 0 aliphatic carbocycles. The van der Waals surface area contributed by atoms with Gasteiger partial charge in [-0.15, -0.1) is 0 Å². The van der Waals surface area contributed by atoms with Gasteiger partial charge in [0.25, 0.3) is 5.69 Å². The van der Waals surface area contributed by atoms with Crippen LogP contribution in [-0.2, 0) is 0 Å². The largest absolute Gasteiger partial charge is 0.493 e. The molecule has 0 heterocycles. The van der Waals surface area contributed by atoms with Crippen LogP contribution in [0.1, 0.15) is 0 Å². The van der Waals surface area contributed by atoms with Crippen LogP contribution in [0.25, 0.3) is 0 Å². The minimum absolute atomic E-state index is 0.0629. The molecule has 0 bridgehead atoms. The van der Waals surface area contributed by atoms with Crippen molar-refractivity contribution in [1.29, 1.82) is 0 Å². The van der Waals surface area contributed by atoms with Crippen LogP contribution >= 0.6 is 0 Å². The summed E-state index contributed by atoms with van der Waals surface area (Å²) in [5.41, 5.74) is -0.0629. The highest BCUT2D eigenvalue weighted by Crippen LogP contribution is 2.32. The van der Waals surface area contributed by atoms with E-state index in [-0.39, 0.29) is 11.4 Å². The topological polar surface area (TPSA) is 61.6 Å². The van der Waals surface area contributed by atoms with Crippen LogP contribution < -0.4 is 9.47 Å². The molecule has 5 heteroatoms. The molecule has 0 aliphatic heterocycles. The average molecular weight is 247 g/mol. The maximum atomic E-state index is 10.6. The number of ether oxygens (including phenoxy) is 2. The zero-order chi connectivity index (χ0) is 13.5. The van der Waals surface area contributed by atoms with Crippen LogP contribution in [-0.4, -0.2) is 12.0 Å². The molecule has 0 N–H and O–H groups in total. The Balaban J connectivity index is 3.09. The molecule has 0 aromatic heterocycles. The Kier molecular flexibility index (Phi) is 4.68. The summed E-state index contributed by atoms with van der Waals surface area (Å²) in [7, 11) is 1.41. The highest BCUT2D eigenvalue weighted by molar-refractivity contribution is 5.49. The van der Waals surface area contributed by atoms with Gasteiger partial charge in [0.2, 0.25) is 0 Å². The second-order valence-corrected chi connectivity index (χ2v) is 3.20. The number of non-ortho nitro benzene ring substituents is 1. The van der Waals surface area contributed by atoms with Crippen molar-refractivity contribution in [2.75, 3.05) is 7.11 Å². The maximum Gasteiger partial charge on any atom is 0.273 e. The molecule has 0 unspecified atom stereocenters. The van der Waals surface area contributed by atoms with Gasteiger partial charge in [-0.05, 0) is 18.2 Å². The lowest BCUT2D eigenvalue weighted by Gasteiger charge is -2.10. The first-order valence-corrected chi connectivity index (χ1v) is 5.07. The minimum Gasteiger partial charge on any atom is -0.493 e. The Labute approximate surface area is 105 Å². The third kappa shape index (κ3) is 3.21. The summed E-state index contributed by atoms with van der Waals surface area (Å²) in [6.07, 6.45) is 4.67. The Bertz CT molecular complexity index is 506. The highest BCUT2D eigenvalue weighted by Gasteiger charge is 2.12. The van der Waals surface area contributed by atoms with Crippen LogP contribution in [0.4, 0.5) is 5.69 Å². The minimum atomic E-state index is -0.500. The normalized spacial score (nSPS) is 10.6. The van der Waals surface area contributed by atoms with E-state index in [1.807, 2.05) is 0 Å². The Morgan fingerprint density at radius 2 is 2.11 bits per heavy atom. The van der Waals surface area contributed by atoms with Crippen molar-refractivity contribution in [2.24, 2.45) is 0 Å². The Hall–Kier alpha value is -2.56. The fraction of sp³-hybridized carbons (Fsp3) is 0.0769. The fourth-order valence-electron chi connectivity index (χ4n) is 1.24. The van der Waals surface area contributed by atoms with Gasteiger partial charge < -0.3 is 9.47 Å². The smallest absolute Gasteiger partial charge is 0.273 e. The van der Waals surface area contributed by atoms with Crippen molar-refractivity contribution in [1.82, 2.24) is 0 Å². The van der Waals surface area contributed by atoms with Crippen LogP contribution in [0.2, 0.25) is 0 Å². The monoisotopic (exact) mass is 247 g/mol. The summed E-state index contributed by atoms with van der Waals surface area (Å²) in [4.78, 5) is 10.1. The van der Waals surface area contributed by atoms with Gasteiger partial charge in [0, 0.05) is 6.07 Å². The van der Waals surface area contributed by atoms with Crippen molar-refractivity contribution in [2.45, 2.75) is 0 Å². The van der Waals surface area contributed by atoms with Crippen LogP contribution in [0, 0.1) is 10.1 Å². The summed E-state index contributed by atoms with van der Waals surface area (Å²) in [5, 5.41) is 10.6. The molecule has 1 aromatic carbocycles. The van der Waals surface area contributed by atoms with E-state index in [1.165, 1.54) is 31.4 Å². The van der Waals surface area contributed by atoms with Crippen molar-refractivity contribution in [3.63, 3.8) is 0 Å². The Morgan fingerprint density at radius 1 is 1.39 bits per heavy atom. The van der Waals surface area contributed by atoms with Gasteiger partial charge in [0.05, 0.1) is 18.1 Å². The van der Waals surface area contributed by atoms with Crippen molar-refractivity contribution in [3.05, 3.63) is 65.5 Å². The number of benzene rings is 1. The highest BCUT2D eigenvalue weighted by atomic mass is 16.6. The van der Waals surface area contributed by atoms with Crippen molar-refractivity contribution >= 4 is 5.69 Å². The van der Waals surface area contributed by atoms with Gasteiger partial charge in [-0.2, -0.15) is 0 Å². The quantitative estimate of drug-likeness (QED) is 0.335. The zero-order valence-electron chi connectivity index (χ0n) is 9.96. The molecule has 0 saturated carbocycles. The first-order valence-electron chi connectivity index (χ1n) is 5.07. The number of nitrogens with zero attached hydrogens (tertiary/aromatic N) is 1. The van der Waals surface area contributed by atoms with Crippen LogP contribution in [0.15, 0.2) is 55.3 Å². The van der Waals surface area contributed by atoms with E-state index in [4.69, 9.17) is 9.47 Å².